The number of carbonyl (C=O) groups is 2. The van der Waals surface area contributed by atoms with Gasteiger partial charge in [0.1, 0.15) is 6.04 Å². The molecule has 0 spiro atoms. The third-order valence-corrected chi connectivity index (χ3v) is 4.16. The molecule has 1 heterocycles. The number of para-hydroxylation sites is 1. The number of amides is 1. The molecule has 1 atom stereocenters. The van der Waals surface area contributed by atoms with Gasteiger partial charge in [0.2, 0.25) is 5.91 Å². The van der Waals surface area contributed by atoms with Crippen molar-refractivity contribution in [1.82, 2.24) is 14.9 Å². The van der Waals surface area contributed by atoms with Crippen molar-refractivity contribution >= 4 is 34.7 Å². The Labute approximate surface area is 126 Å². The van der Waals surface area contributed by atoms with Gasteiger partial charge in [-0.05, 0) is 25.5 Å². The van der Waals surface area contributed by atoms with Crippen LogP contribution in [0.2, 0.25) is 0 Å². The van der Waals surface area contributed by atoms with Gasteiger partial charge in [0.15, 0.2) is 5.16 Å². The normalized spacial score (nSPS) is 12.3. The second-order valence-corrected chi connectivity index (χ2v) is 5.62. The van der Waals surface area contributed by atoms with Gasteiger partial charge in [0.25, 0.3) is 0 Å². The van der Waals surface area contributed by atoms with Gasteiger partial charge in [-0.3, -0.25) is 9.59 Å². The molecule has 2 N–H and O–H groups in total. The van der Waals surface area contributed by atoms with Crippen molar-refractivity contribution in [2.45, 2.75) is 25.0 Å². The number of nitrogens with zero attached hydrogens (tertiary/aromatic N) is 2. The van der Waals surface area contributed by atoms with E-state index in [2.05, 4.69) is 10.3 Å². The summed E-state index contributed by atoms with van der Waals surface area (Å²) in [4.78, 5) is 27.2. The number of carboxylic acid groups (broad SMARTS) is 1. The topological polar surface area (TPSA) is 84.2 Å². The highest BCUT2D eigenvalue weighted by atomic mass is 32.2. The van der Waals surface area contributed by atoms with Gasteiger partial charge in [-0.25, -0.2) is 4.98 Å². The van der Waals surface area contributed by atoms with E-state index in [1.54, 1.807) is 18.5 Å². The van der Waals surface area contributed by atoms with Crippen molar-refractivity contribution < 1.29 is 14.7 Å². The zero-order valence-corrected chi connectivity index (χ0v) is 12.9. The summed E-state index contributed by atoms with van der Waals surface area (Å²) in [6.07, 6.45) is 0. The number of thioether (sulfide) groups is 1. The number of nitrogens with one attached hydrogen (secondary N) is 1. The van der Waals surface area contributed by atoms with Crippen LogP contribution in [0.25, 0.3) is 11.0 Å². The fraction of sp³-hybridized carbons (Fsp3) is 0.357. The maximum Gasteiger partial charge on any atom is 0.313 e. The summed E-state index contributed by atoms with van der Waals surface area (Å²) in [5.74, 6) is -1.15. The SMILES string of the molecule is CNC(=O)C(C)n1c(SCC(=O)O)nc2c(C)cccc21. The number of hydrogen-bond acceptors (Lipinski definition) is 4. The third-order valence-electron chi connectivity index (χ3n) is 3.23. The van der Waals surface area contributed by atoms with Crippen LogP contribution in [0.3, 0.4) is 0 Å². The first-order valence-electron chi connectivity index (χ1n) is 6.49. The molecule has 0 fully saturated rings. The average Bonchev–Trinajstić information content (AvgIpc) is 2.83. The molecule has 21 heavy (non-hydrogen) atoms. The Balaban J connectivity index is 2.57. The quantitative estimate of drug-likeness (QED) is 0.823. The number of carbonyl (C=O) groups excluding carboxylic acids is 1. The number of hydrogen-bond donors (Lipinski definition) is 2. The first-order valence-corrected chi connectivity index (χ1v) is 7.48. The first-order chi connectivity index (χ1) is 9.95. The van der Waals surface area contributed by atoms with Crippen LogP contribution < -0.4 is 5.32 Å². The van der Waals surface area contributed by atoms with Crippen LogP contribution in [0, 0.1) is 6.92 Å². The summed E-state index contributed by atoms with van der Waals surface area (Å²) >= 11 is 1.12. The van der Waals surface area contributed by atoms with Crippen LogP contribution >= 0.6 is 11.8 Å². The lowest BCUT2D eigenvalue weighted by Crippen LogP contribution is -2.28. The van der Waals surface area contributed by atoms with E-state index in [9.17, 15) is 9.59 Å². The van der Waals surface area contributed by atoms with Crippen LogP contribution in [0.15, 0.2) is 23.4 Å². The number of fused-ring (bicyclic) bond motifs is 1. The molecule has 2 rings (SSSR count). The minimum absolute atomic E-state index is 0.0944. The maximum atomic E-state index is 11.9. The molecule has 0 saturated carbocycles. The molecule has 0 radical (unpaired) electrons. The van der Waals surface area contributed by atoms with E-state index in [-0.39, 0.29) is 11.7 Å². The number of imidazole rings is 1. The number of carboxylic acids is 1. The Morgan fingerprint density at radius 2 is 2.19 bits per heavy atom. The van der Waals surface area contributed by atoms with Gasteiger partial charge in [-0.1, -0.05) is 23.9 Å². The van der Waals surface area contributed by atoms with Crippen LogP contribution in [-0.4, -0.2) is 39.3 Å². The van der Waals surface area contributed by atoms with Crippen LogP contribution in [0.5, 0.6) is 0 Å². The molecule has 0 bridgehead atoms. The van der Waals surface area contributed by atoms with E-state index in [4.69, 9.17) is 5.11 Å². The number of aryl methyl sites for hydroxylation is 1. The molecule has 1 aromatic carbocycles. The van der Waals surface area contributed by atoms with Crippen molar-refractivity contribution in [2.24, 2.45) is 0 Å². The van der Waals surface area contributed by atoms with E-state index in [1.165, 1.54) is 0 Å². The lowest BCUT2D eigenvalue weighted by molar-refractivity contribution is -0.133. The number of aromatic nitrogens is 2. The number of likely N-dealkylation sites (N-methyl/N-ethyl adjacent to an activating group) is 1. The molecule has 0 aliphatic rings. The fourth-order valence-corrected chi connectivity index (χ4v) is 2.97. The lowest BCUT2D eigenvalue weighted by Gasteiger charge is -2.15. The Kier molecular flexibility index (Phi) is 4.52. The van der Waals surface area contributed by atoms with Crippen LogP contribution in [-0.2, 0) is 9.59 Å². The minimum Gasteiger partial charge on any atom is -0.481 e. The van der Waals surface area contributed by atoms with Gasteiger partial charge in [0.05, 0.1) is 16.8 Å². The van der Waals surface area contributed by atoms with Crippen molar-refractivity contribution in [3.05, 3.63) is 23.8 Å². The highest BCUT2D eigenvalue weighted by Crippen LogP contribution is 2.29. The molecule has 0 aliphatic carbocycles. The molecule has 1 unspecified atom stereocenters. The average molecular weight is 307 g/mol. The molecule has 0 saturated heterocycles. The minimum atomic E-state index is -0.914. The maximum absolute atomic E-state index is 11.9. The summed E-state index contributed by atoms with van der Waals surface area (Å²) in [6, 6.07) is 5.27. The van der Waals surface area contributed by atoms with E-state index in [0.29, 0.717) is 5.16 Å². The predicted octanol–water partition coefficient (Wildman–Crippen LogP) is 1.83. The summed E-state index contributed by atoms with van der Waals surface area (Å²) in [5, 5.41) is 12.0. The number of benzene rings is 1. The van der Waals surface area contributed by atoms with Crippen molar-refractivity contribution in [3.8, 4) is 0 Å². The van der Waals surface area contributed by atoms with E-state index in [1.807, 2.05) is 25.1 Å². The second kappa shape index (κ2) is 6.17. The molecular formula is C14H17N3O3S. The van der Waals surface area contributed by atoms with Gasteiger partial charge in [-0.2, -0.15) is 0 Å². The number of aliphatic carboxylic acids is 1. The lowest BCUT2D eigenvalue weighted by atomic mass is 10.2. The summed E-state index contributed by atoms with van der Waals surface area (Å²) in [7, 11) is 1.58. The Bertz CT molecular complexity index is 696. The molecule has 6 nitrogen and oxygen atoms in total. The van der Waals surface area contributed by atoms with E-state index < -0.39 is 12.0 Å². The Hall–Kier alpha value is -2.02. The fourth-order valence-electron chi connectivity index (χ4n) is 2.16. The zero-order valence-electron chi connectivity index (χ0n) is 12.1. The van der Waals surface area contributed by atoms with Gasteiger partial charge in [-0.15, -0.1) is 0 Å². The number of rotatable bonds is 5. The van der Waals surface area contributed by atoms with E-state index in [0.717, 1.165) is 28.4 Å². The van der Waals surface area contributed by atoms with Gasteiger partial charge >= 0.3 is 5.97 Å². The molecule has 1 aromatic heterocycles. The van der Waals surface area contributed by atoms with Crippen molar-refractivity contribution in [3.63, 3.8) is 0 Å². The molecule has 0 aliphatic heterocycles. The molecule has 7 heteroatoms. The highest BCUT2D eigenvalue weighted by molar-refractivity contribution is 7.99. The standard InChI is InChI=1S/C14H17N3O3S/c1-8-5-4-6-10-12(8)16-14(21-7-11(18)19)17(10)9(2)13(20)15-3/h4-6,9H,7H2,1-3H3,(H,15,20)(H,18,19). The molecule has 1 amide bonds. The van der Waals surface area contributed by atoms with E-state index >= 15 is 0 Å². The largest absolute Gasteiger partial charge is 0.481 e. The van der Waals surface area contributed by atoms with Crippen LogP contribution in [0.4, 0.5) is 0 Å². The predicted molar refractivity (Wildman–Crippen MR) is 81.6 cm³/mol. The van der Waals surface area contributed by atoms with Crippen LogP contribution in [0.1, 0.15) is 18.5 Å². The highest BCUT2D eigenvalue weighted by Gasteiger charge is 2.22. The van der Waals surface area contributed by atoms with Gasteiger partial charge < -0.3 is 15.0 Å². The Morgan fingerprint density at radius 1 is 1.48 bits per heavy atom. The molecule has 2 aromatic rings. The monoisotopic (exact) mass is 307 g/mol. The Morgan fingerprint density at radius 3 is 2.81 bits per heavy atom. The van der Waals surface area contributed by atoms with Gasteiger partial charge in [0, 0.05) is 7.05 Å². The molecule has 112 valence electrons. The van der Waals surface area contributed by atoms with Crippen molar-refractivity contribution in [2.75, 3.05) is 12.8 Å². The third kappa shape index (κ3) is 3.02. The summed E-state index contributed by atoms with van der Waals surface area (Å²) < 4.78 is 1.79. The molecular weight excluding hydrogens is 290 g/mol. The smallest absolute Gasteiger partial charge is 0.313 e. The summed E-state index contributed by atoms with van der Waals surface area (Å²) in [5.41, 5.74) is 2.62. The van der Waals surface area contributed by atoms with Crippen molar-refractivity contribution in [1.29, 1.82) is 0 Å². The zero-order chi connectivity index (χ0) is 15.6. The summed E-state index contributed by atoms with van der Waals surface area (Å²) in [6.45, 7) is 3.71. The first kappa shape index (κ1) is 15.4. The second-order valence-electron chi connectivity index (χ2n) is 4.68.